The van der Waals surface area contributed by atoms with Crippen molar-refractivity contribution < 1.29 is 13.6 Å². The Morgan fingerprint density at radius 3 is 2.96 bits per heavy atom. The molecule has 0 bridgehead atoms. The molecule has 26 heavy (non-hydrogen) atoms. The van der Waals surface area contributed by atoms with E-state index in [1.54, 1.807) is 9.42 Å². The van der Waals surface area contributed by atoms with Crippen LogP contribution >= 0.6 is 0 Å². The van der Waals surface area contributed by atoms with Gasteiger partial charge < -0.3 is 4.90 Å². The van der Waals surface area contributed by atoms with E-state index in [0.29, 0.717) is 18.9 Å². The van der Waals surface area contributed by atoms with Gasteiger partial charge in [0, 0.05) is 24.7 Å². The fourth-order valence-corrected chi connectivity index (χ4v) is 3.48. The fraction of sp³-hybridized carbons (Fsp3) is 0.333. The maximum absolute atomic E-state index is 14.0. The SMILES string of the molecule is Cc1cc(C2CCCN(C(=O)c3cc(F)ccc3F)C2)n2ncnc2n1. The second-order valence-corrected chi connectivity index (χ2v) is 6.51. The lowest BCUT2D eigenvalue weighted by atomic mass is 9.93. The van der Waals surface area contributed by atoms with Gasteiger partial charge in [-0.3, -0.25) is 4.79 Å². The number of aryl methyl sites for hydroxylation is 1. The summed E-state index contributed by atoms with van der Waals surface area (Å²) in [6.45, 7) is 2.80. The molecule has 8 heteroatoms. The molecule has 0 aliphatic carbocycles. The summed E-state index contributed by atoms with van der Waals surface area (Å²) in [4.78, 5) is 22.7. The molecule has 1 fully saturated rings. The second-order valence-electron chi connectivity index (χ2n) is 6.51. The lowest BCUT2D eigenvalue weighted by Crippen LogP contribution is -2.40. The van der Waals surface area contributed by atoms with Gasteiger partial charge in [-0.05, 0) is 44.0 Å². The number of hydrogen-bond donors (Lipinski definition) is 0. The molecule has 2 aromatic heterocycles. The first-order chi connectivity index (χ1) is 12.5. The minimum Gasteiger partial charge on any atom is -0.338 e. The van der Waals surface area contributed by atoms with Gasteiger partial charge in [-0.15, -0.1) is 0 Å². The summed E-state index contributed by atoms with van der Waals surface area (Å²) in [5, 5.41) is 4.22. The van der Waals surface area contributed by atoms with Crippen LogP contribution in [0.5, 0.6) is 0 Å². The van der Waals surface area contributed by atoms with Gasteiger partial charge in [0.1, 0.15) is 18.0 Å². The van der Waals surface area contributed by atoms with E-state index in [9.17, 15) is 13.6 Å². The van der Waals surface area contributed by atoms with Crippen LogP contribution in [0.4, 0.5) is 8.78 Å². The molecule has 1 aliphatic rings. The van der Waals surface area contributed by atoms with Gasteiger partial charge >= 0.3 is 0 Å². The summed E-state index contributed by atoms with van der Waals surface area (Å²) in [6, 6.07) is 4.87. The standard InChI is InChI=1S/C18H17F2N5O/c1-11-7-16(25-18(23-11)21-10-22-25)12-3-2-6-24(9-12)17(26)14-8-13(19)4-5-15(14)20/h4-5,7-8,10,12H,2-3,6,9H2,1H3. The Morgan fingerprint density at radius 1 is 1.27 bits per heavy atom. The van der Waals surface area contributed by atoms with Gasteiger partial charge in [-0.2, -0.15) is 10.1 Å². The molecule has 0 spiro atoms. The third kappa shape index (κ3) is 2.91. The number of halogens is 2. The van der Waals surface area contributed by atoms with Gasteiger partial charge in [0.2, 0.25) is 0 Å². The number of aromatic nitrogens is 4. The van der Waals surface area contributed by atoms with Crippen LogP contribution in [0.2, 0.25) is 0 Å². The highest BCUT2D eigenvalue weighted by molar-refractivity contribution is 5.94. The lowest BCUT2D eigenvalue weighted by Gasteiger charge is -2.33. The van der Waals surface area contributed by atoms with E-state index in [1.807, 2.05) is 13.0 Å². The van der Waals surface area contributed by atoms with Crippen molar-refractivity contribution in [3.63, 3.8) is 0 Å². The van der Waals surface area contributed by atoms with Crippen LogP contribution in [0.3, 0.4) is 0 Å². The first kappa shape index (κ1) is 16.6. The molecule has 1 saturated heterocycles. The Labute approximate surface area is 148 Å². The number of carbonyl (C=O) groups excluding carboxylic acids is 1. The van der Waals surface area contributed by atoms with E-state index in [-0.39, 0.29) is 11.5 Å². The molecule has 0 radical (unpaired) electrons. The molecule has 1 amide bonds. The van der Waals surface area contributed by atoms with Crippen molar-refractivity contribution >= 4 is 11.7 Å². The summed E-state index contributed by atoms with van der Waals surface area (Å²) in [7, 11) is 0. The molecule has 3 aromatic rings. The number of rotatable bonds is 2. The Balaban J connectivity index is 1.64. The van der Waals surface area contributed by atoms with Gasteiger partial charge in [-0.1, -0.05) is 0 Å². The fourth-order valence-electron chi connectivity index (χ4n) is 3.48. The number of carbonyl (C=O) groups is 1. The summed E-state index contributed by atoms with van der Waals surface area (Å²) in [5.41, 5.74) is 1.50. The third-order valence-corrected chi connectivity index (χ3v) is 4.69. The monoisotopic (exact) mass is 357 g/mol. The quantitative estimate of drug-likeness (QED) is 0.707. The zero-order valence-electron chi connectivity index (χ0n) is 14.2. The molecule has 3 heterocycles. The minimum absolute atomic E-state index is 0.0234. The molecule has 134 valence electrons. The average molecular weight is 357 g/mol. The van der Waals surface area contributed by atoms with Crippen LogP contribution in [-0.2, 0) is 0 Å². The van der Waals surface area contributed by atoms with Crippen molar-refractivity contribution in [3.8, 4) is 0 Å². The number of hydrogen-bond acceptors (Lipinski definition) is 4. The first-order valence-corrected chi connectivity index (χ1v) is 8.44. The van der Waals surface area contributed by atoms with Crippen LogP contribution in [0.1, 0.15) is 40.5 Å². The van der Waals surface area contributed by atoms with Crippen LogP contribution in [-0.4, -0.2) is 43.5 Å². The van der Waals surface area contributed by atoms with Gasteiger partial charge in [0.15, 0.2) is 0 Å². The number of amides is 1. The zero-order chi connectivity index (χ0) is 18.3. The highest BCUT2D eigenvalue weighted by Gasteiger charge is 2.29. The summed E-state index contributed by atoms with van der Waals surface area (Å²) >= 11 is 0. The first-order valence-electron chi connectivity index (χ1n) is 8.44. The Bertz CT molecular complexity index is 987. The predicted octanol–water partition coefficient (Wildman–Crippen LogP) is 2.73. The highest BCUT2D eigenvalue weighted by atomic mass is 19.1. The van der Waals surface area contributed by atoms with E-state index in [1.165, 1.54) is 6.33 Å². The molecular weight excluding hydrogens is 340 g/mol. The zero-order valence-corrected chi connectivity index (χ0v) is 14.2. The number of piperidine rings is 1. The van der Waals surface area contributed by atoms with Gasteiger partial charge in [0.05, 0.1) is 11.3 Å². The molecule has 1 aliphatic heterocycles. The second kappa shape index (κ2) is 6.44. The number of likely N-dealkylation sites (tertiary alicyclic amines) is 1. The topological polar surface area (TPSA) is 63.4 Å². The Hall–Kier alpha value is -2.90. The van der Waals surface area contributed by atoms with Gasteiger partial charge in [0.25, 0.3) is 11.7 Å². The van der Waals surface area contributed by atoms with Crippen molar-refractivity contribution in [3.05, 3.63) is 59.2 Å². The summed E-state index contributed by atoms with van der Waals surface area (Å²) in [5.74, 6) is -1.29. The summed E-state index contributed by atoms with van der Waals surface area (Å²) < 4.78 is 29.1. The molecule has 1 aromatic carbocycles. The van der Waals surface area contributed by atoms with E-state index < -0.39 is 17.5 Å². The normalized spacial score (nSPS) is 17.7. The van der Waals surface area contributed by atoms with Crippen LogP contribution < -0.4 is 0 Å². The average Bonchev–Trinajstić information content (AvgIpc) is 3.11. The van der Waals surface area contributed by atoms with E-state index in [2.05, 4.69) is 15.1 Å². The van der Waals surface area contributed by atoms with Crippen LogP contribution in [0.15, 0.2) is 30.6 Å². The molecule has 4 rings (SSSR count). The predicted molar refractivity (Wildman–Crippen MR) is 89.8 cm³/mol. The van der Waals surface area contributed by atoms with Crippen LogP contribution in [0.25, 0.3) is 5.78 Å². The molecule has 1 atom stereocenters. The molecule has 1 unspecified atom stereocenters. The molecular formula is C18H17F2N5O. The third-order valence-electron chi connectivity index (χ3n) is 4.69. The lowest BCUT2D eigenvalue weighted by molar-refractivity contribution is 0.0700. The van der Waals surface area contributed by atoms with Crippen LogP contribution in [0, 0.1) is 18.6 Å². The van der Waals surface area contributed by atoms with Gasteiger partial charge in [-0.25, -0.2) is 18.3 Å². The van der Waals surface area contributed by atoms with Crippen molar-refractivity contribution in [2.24, 2.45) is 0 Å². The van der Waals surface area contributed by atoms with E-state index in [0.717, 1.165) is 42.4 Å². The Morgan fingerprint density at radius 2 is 2.12 bits per heavy atom. The highest BCUT2D eigenvalue weighted by Crippen LogP contribution is 2.28. The number of benzene rings is 1. The van der Waals surface area contributed by atoms with Crippen molar-refractivity contribution in [2.45, 2.75) is 25.7 Å². The maximum Gasteiger partial charge on any atom is 0.256 e. The van der Waals surface area contributed by atoms with Crippen molar-refractivity contribution in [1.82, 2.24) is 24.5 Å². The minimum atomic E-state index is -0.711. The maximum atomic E-state index is 14.0. The molecule has 0 N–H and O–H groups in total. The molecule has 6 nitrogen and oxygen atoms in total. The largest absolute Gasteiger partial charge is 0.338 e. The van der Waals surface area contributed by atoms with Crippen molar-refractivity contribution in [1.29, 1.82) is 0 Å². The number of fused-ring (bicyclic) bond motifs is 1. The smallest absolute Gasteiger partial charge is 0.256 e. The number of nitrogens with zero attached hydrogens (tertiary/aromatic N) is 5. The van der Waals surface area contributed by atoms with E-state index >= 15 is 0 Å². The Kier molecular flexibility index (Phi) is 4.10. The van der Waals surface area contributed by atoms with E-state index in [4.69, 9.17) is 0 Å². The summed E-state index contributed by atoms with van der Waals surface area (Å²) in [6.07, 6.45) is 3.08. The van der Waals surface area contributed by atoms with Crippen molar-refractivity contribution in [2.75, 3.05) is 13.1 Å². The molecule has 0 saturated carbocycles.